The van der Waals surface area contributed by atoms with E-state index in [1.165, 1.54) is 24.3 Å². The molecule has 4 nitrogen and oxygen atoms in total. The minimum Gasteiger partial charge on any atom is -0.372 e. The lowest BCUT2D eigenvalue weighted by atomic mass is 10.2. The first-order valence-corrected chi connectivity index (χ1v) is 8.13. The Morgan fingerprint density at radius 3 is 2.19 bits per heavy atom. The summed E-state index contributed by atoms with van der Waals surface area (Å²) in [5, 5.41) is 2.45. The SMILES string of the molecule is CCCNS(=O)(=O)c1ccc(NC2(C(F)(F)F)CC2)cc1. The standard InChI is InChI=1S/C13H17F3N2O2S/c1-2-9-17-21(19,20)11-5-3-10(4-6-11)18-12(7-8-12)13(14,15)16/h3-6,17-18H,2,7-9H2,1H3. The Morgan fingerprint density at radius 2 is 1.76 bits per heavy atom. The summed E-state index contributed by atoms with van der Waals surface area (Å²) in [6, 6.07) is 5.30. The van der Waals surface area contributed by atoms with Crippen molar-refractivity contribution in [2.75, 3.05) is 11.9 Å². The van der Waals surface area contributed by atoms with Crippen molar-refractivity contribution in [2.45, 2.75) is 42.8 Å². The molecule has 21 heavy (non-hydrogen) atoms. The van der Waals surface area contributed by atoms with Crippen molar-refractivity contribution in [2.24, 2.45) is 0 Å². The lowest BCUT2D eigenvalue weighted by molar-refractivity contribution is -0.151. The number of benzene rings is 1. The summed E-state index contributed by atoms with van der Waals surface area (Å²) in [7, 11) is -3.60. The molecule has 8 heteroatoms. The summed E-state index contributed by atoms with van der Waals surface area (Å²) in [5.74, 6) is 0. The molecule has 0 heterocycles. The van der Waals surface area contributed by atoms with Crippen LogP contribution >= 0.6 is 0 Å². The van der Waals surface area contributed by atoms with Gasteiger partial charge in [-0.3, -0.25) is 0 Å². The third-order valence-electron chi connectivity index (χ3n) is 3.38. The summed E-state index contributed by atoms with van der Waals surface area (Å²) in [6.07, 6.45) is -3.57. The van der Waals surface area contributed by atoms with E-state index in [-0.39, 0.29) is 23.4 Å². The van der Waals surface area contributed by atoms with Gasteiger partial charge in [-0.2, -0.15) is 13.2 Å². The number of hydrogen-bond acceptors (Lipinski definition) is 3. The number of nitrogens with one attached hydrogen (secondary N) is 2. The monoisotopic (exact) mass is 322 g/mol. The van der Waals surface area contributed by atoms with Crippen LogP contribution in [0.15, 0.2) is 29.2 Å². The molecule has 0 aliphatic heterocycles. The molecule has 1 aliphatic carbocycles. The molecule has 0 saturated heterocycles. The Hall–Kier alpha value is -1.28. The van der Waals surface area contributed by atoms with Crippen molar-refractivity contribution in [1.82, 2.24) is 4.72 Å². The Morgan fingerprint density at radius 1 is 1.19 bits per heavy atom. The molecular formula is C13H17F3N2O2S. The van der Waals surface area contributed by atoms with Gasteiger partial charge in [-0.25, -0.2) is 13.1 Å². The van der Waals surface area contributed by atoms with Crippen LogP contribution < -0.4 is 10.0 Å². The maximum Gasteiger partial charge on any atom is 0.411 e. The lowest BCUT2D eigenvalue weighted by Gasteiger charge is -2.22. The van der Waals surface area contributed by atoms with Crippen molar-refractivity contribution in [3.8, 4) is 0 Å². The van der Waals surface area contributed by atoms with Crippen LogP contribution in [0.5, 0.6) is 0 Å². The van der Waals surface area contributed by atoms with Crippen LogP contribution in [0.25, 0.3) is 0 Å². The molecule has 0 spiro atoms. The van der Waals surface area contributed by atoms with E-state index >= 15 is 0 Å². The Labute approximate surface area is 121 Å². The fourth-order valence-corrected chi connectivity index (χ4v) is 3.05. The van der Waals surface area contributed by atoms with Crippen molar-refractivity contribution in [3.63, 3.8) is 0 Å². The van der Waals surface area contributed by atoms with Crippen molar-refractivity contribution >= 4 is 15.7 Å². The number of hydrogen-bond donors (Lipinski definition) is 2. The molecule has 1 saturated carbocycles. The minimum atomic E-state index is -4.31. The van der Waals surface area contributed by atoms with Crippen LogP contribution in [0.4, 0.5) is 18.9 Å². The molecule has 1 aromatic rings. The van der Waals surface area contributed by atoms with E-state index < -0.39 is 21.7 Å². The lowest BCUT2D eigenvalue weighted by Crippen LogP contribution is -2.38. The maximum atomic E-state index is 12.8. The third kappa shape index (κ3) is 3.49. The summed E-state index contributed by atoms with van der Waals surface area (Å²) in [5.41, 5.74) is -1.59. The highest BCUT2D eigenvalue weighted by atomic mass is 32.2. The topological polar surface area (TPSA) is 58.2 Å². The number of rotatable bonds is 6. The van der Waals surface area contributed by atoms with Gasteiger partial charge in [-0.1, -0.05) is 6.92 Å². The van der Waals surface area contributed by atoms with Crippen LogP contribution in [0, 0.1) is 0 Å². The molecular weight excluding hydrogens is 305 g/mol. The molecule has 2 rings (SSSR count). The number of sulfonamides is 1. The zero-order chi connectivity index (χ0) is 15.7. The molecule has 0 radical (unpaired) electrons. The average Bonchev–Trinajstić information content (AvgIpc) is 3.17. The van der Waals surface area contributed by atoms with E-state index in [1.807, 2.05) is 6.92 Å². The van der Waals surface area contributed by atoms with E-state index in [9.17, 15) is 21.6 Å². The highest BCUT2D eigenvalue weighted by molar-refractivity contribution is 7.89. The second-order valence-corrected chi connectivity index (χ2v) is 6.89. The first-order chi connectivity index (χ1) is 9.70. The molecule has 0 bridgehead atoms. The number of alkyl halides is 3. The zero-order valence-corrected chi connectivity index (χ0v) is 12.3. The smallest absolute Gasteiger partial charge is 0.372 e. The highest BCUT2D eigenvalue weighted by Crippen LogP contribution is 2.51. The van der Waals surface area contributed by atoms with Crippen LogP contribution in [-0.2, 0) is 10.0 Å². The summed E-state index contributed by atoms with van der Waals surface area (Å²) in [4.78, 5) is 0.0401. The molecule has 118 valence electrons. The summed E-state index contributed by atoms with van der Waals surface area (Å²) in [6.45, 7) is 2.15. The fourth-order valence-electron chi connectivity index (χ4n) is 1.92. The van der Waals surface area contributed by atoms with E-state index in [2.05, 4.69) is 10.0 Å². The quantitative estimate of drug-likeness (QED) is 0.847. The van der Waals surface area contributed by atoms with Gasteiger partial charge < -0.3 is 5.32 Å². The van der Waals surface area contributed by atoms with Gasteiger partial charge in [0.2, 0.25) is 10.0 Å². The van der Waals surface area contributed by atoms with E-state index in [1.54, 1.807) is 0 Å². The second-order valence-electron chi connectivity index (χ2n) is 5.13. The summed E-state index contributed by atoms with van der Waals surface area (Å²) < 4.78 is 64.6. The van der Waals surface area contributed by atoms with Gasteiger partial charge >= 0.3 is 6.18 Å². The fraction of sp³-hybridized carbons (Fsp3) is 0.538. The Balaban J connectivity index is 2.10. The van der Waals surface area contributed by atoms with Crippen LogP contribution in [0.2, 0.25) is 0 Å². The van der Waals surface area contributed by atoms with Gasteiger partial charge in [0.1, 0.15) is 5.54 Å². The normalized spacial score (nSPS) is 17.5. The van der Waals surface area contributed by atoms with Crippen LogP contribution in [0.1, 0.15) is 26.2 Å². The first kappa shape index (κ1) is 16.1. The highest BCUT2D eigenvalue weighted by Gasteiger charge is 2.63. The van der Waals surface area contributed by atoms with Gasteiger partial charge in [0.15, 0.2) is 0 Å². The van der Waals surface area contributed by atoms with E-state index in [4.69, 9.17) is 0 Å². The number of anilines is 1. The third-order valence-corrected chi connectivity index (χ3v) is 4.86. The van der Waals surface area contributed by atoms with Gasteiger partial charge in [0.05, 0.1) is 4.90 Å². The van der Waals surface area contributed by atoms with E-state index in [0.29, 0.717) is 13.0 Å². The van der Waals surface area contributed by atoms with Crippen molar-refractivity contribution < 1.29 is 21.6 Å². The molecule has 1 fully saturated rings. The molecule has 1 aliphatic rings. The molecule has 2 N–H and O–H groups in total. The Kier molecular flexibility index (Phi) is 4.21. The van der Waals surface area contributed by atoms with Crippen LogP contribution in [-0.4, -0.2) is 26.7 Å². The van der Waals surface area contributed by atoms with Gasteiger partial charge in [-0.05, 0) is 43.5 Å². The van der Waals surface area contributed by atoms with Crippen molar-refractivity contribution in [1.29, 1.82) is 0 Å². The number of halogens is 3. The largest absolute Gasteiger partial charge is 0.411 e. The van der Waals surface area contributed by atoms with Gasteiger partial charge in [0.25, 0.3) is 0 Å². The molecule has 0 amide bonds. The molecule has 1 aromatic carbocycles. The van der Waals surface area contributed by atoms with Gasteiger partial charge in [0, 0.05) is 12.2 Å². The second kappa shape index (κ2) is 5.49. The first-order valence-electron chi connectivity index (χ1n) is 6.65. The van der Waals surface area contributed by atoms with Crippen LogP contribution in [0.3, 0.4) is 0 Å². The maximum absolute atomic E-state index is 12.8. The molecule has 0 aromatic heterocycles. The predicted octanol–water partition coefficient (Wildman–Crippen LogP) is 2.88. The zero-order valence-electron chi connectivity index (χ0n) is 11.5. The Bertz CT molecular complexity index is 593. The minimum absolute atomic E-state index is 0.0363. The average molecular weight is 322 g/mol. The summed E-state index contributed by atoms with van der Waals surface area (Å²) >= 11 is 0. The molecule has 0 atom stereocenters. The van der Waals surface area contributed by atoms with E-state index in [0.717, 1.165) is 0 Å². The predicted molar refractivity (Wildman–Crippen MR) is 73.6 cm³/mol. The van der Waals surface area contributed by atoms with Crippen molar-refractivity contribution in [3.05, 3.63) is 24.3 Å². The van der Waals surface area contributed by atoms with Gasteiger partial charge in [-0.15, -0.1) is 0 Å². The molecule has 0 unspecified atom stereocenters.